The zero-order valence-electron chi connectivity index (χ0n) is 11.5. The van der Waals surface area contributed by atoms with E-state index in [4.69, 9.17) is 0 Å². The van der Waals surface area contributed by atoms with Gasteiger partial charge in [0.15, 0.2) is 0 Å². The molecule has 0 fully saturated rings. The lowest BCUT2D eigenvalue weighted by Crippen LogP contribution is -2.30. The van der Waals surface area contributed by atoms with Crippen molar-refractivity contribution in [3.63, 3.8) is 0 Å². The summed E-state index contributed by atoms with van der Waals surface area (Å²) in [5, 5.41) is 4.08. The zero-order valence-corrected chi connectivity index (χ0v) is 12.3. The monoisotopic (exact) mass is 294 g/mol. The summed E-state index contributed by atoms with van der Waals surface area (Å²) in [6.07, 6.45) is 2.04. The van der Waals surface area contributed by atoms with Gasteiger partial charge < -0.3 is 0 Å². The lowest BCUT2D eigenvalue weighted by molar-refractivity contribution is 0.503. The summed E-state index contributed by atoms with van der Waals surface area (Å²) in [7, 11) is -3.55. The molecule has 0 bridgehead atoms. The van der Waals surface area contributed by atoms with E-state index in [9.17, 15) is 8.42 Å². The van der Waals surface area contributed by atoms with Crippen molar-refractivity contribution in [2.24, 2.45) is 0 Å². The highest BCUT2D eigenvalue weighted by Crippen LogP contribution is 2.18. The first-order chi connectivity index (χ1) is 9.58. The Morgan fingerprint density at radius 3 is 2.55 bits per heavy atom. The Balaban J connectivity index is 2.27. The molecular weight excluding hydrogens is 276 g/mol. The molecule has 0 radical (unpaired) electrons. The first-order valence-corrected chi connectivity index (χ1v) is 8.02. The van der Waals surface area contributed by atoms with Gasteiger partial charge in [0.05, 0.1) is 10.9 Å². The lowest BCUT2D eigenvalue weighted by atomic mass is 10.2. The molecule has 0 aliphatic carbocycles. The number of hydrogen-bond donors (Lipinski definition) is 1. The summed E-state index contributed by atoms with van der Waals surface area (Å²) in [5.74, 6) is 0.634. The third-order valence-corrected chi connectivity index (χ3v) is 4.50. The maximum absolute atomic E-state index is 12.3. The van der Waals surface area contributed by atoms with Crippen molar-refractivity contribution in [2.75, 3.05) is 0 Å². The van der Waals surface area contributed by atoms with Crippen LogP contribution < -0.4 is 4.72 Å². The van der Waals surface area contributed by atoms with Gasteiger partial charge in [0, 0.05) is 6.54 Å². The fourth-order valence-corrected chi connectivity index (χ4v) is 3.26. The second-order valence-corrected chi connectivity index (χ2v) is 6.04. The van der Waals surface area contributed by atoms with Crippen molar-refractivity contribution in [2.45, 2.75) is 37.8 Å². The van der Waals surface area contributed by atoms with Crippen LogP contribution in [0.1, 0.15) is 32.1 Å². The van der Waals surface area contributed by atoms with E-state index in [1.165, 1.54) is 6.33 Å². The molecule has 1 aromatic heterocycles. The van der Waals surface area contributed by atoms with E-state index in [1.54, 1.807) is 35.0 Å². The Kier molecular flexibility index (Phi) is 4.51. The Labute approximate surface area is 118 Å². The SMILES string of the molecule is CCC(NS(=O)(=O)c1ccccc1)c1ncnn1CC. The number of nitrogens with zero attached hydrogens (tertiary/aromatic N) is 3. The predicted octanol–water partition coefficient (Wildman–Crippen LogP) is 1.73. The van der Waals surface area contributed by atoms with Crippen molar-refractivity contribution >= 4 is 10.0 Å². The van der Waals surface area contributed by atoms with Gasteiger partial charge >= 0.3 is 0 Å². The predicted molar refractivity (Wildman–Crippen MR) is 75.5 cm³/mol. The van der Waals surface area contributed by atoms with Crippen LogP contribution in [0.4, 0.5) is 0 Å². The summed E-state index contributed by atoms with van der Waals surface area (Å²) < 4.78 is 29.0. The van der Waals surface area contributed by atoms with Crippen molar-refractivity contribution in [3.8, 4) is 0 Å². The molecular formula is C13H18N4O2S. The fourth-order valence-electron chi connectivity index (χ4n) is 1.96. The van der Waals surface area contributed by atoms with Gasteiger partial charge in [-0.3, -0.25) is 0 Å². The minimum atomic E-state index is -3.55. The standard InChI is InChI=1S/C13H18N4O2S/c1-3-12(13-14-10-15-17(13)4-2)16-20(18,19)11-8-6-5-7-9-11/h5-10,12,16H,3-4H2,1-2H3. The van der Waals surface area contributed by atoms with Crippen LogP contribution in [-0.2, 0) is 16.6 Å². The van der Waals surface area contributed by atoms with E-state index < -0.39 is 10.0 Å². The molecule has 0 saturated heterocycles. The molecule has 6 nitrogen and oxygen atoms in total. The minimum absolute atomic E-state index is 0.251. The van der Waals surface area contributed by atoms with Crippen molar-refractivity contribution in [3.05, 3.63) is 42.5 Å². The summed E-state index contributed by atoms with van der Waals surface area (Å²) >= 11 is 0. The number of aryl methyl sites for hydroxylation is 1. The topological polar surface area (TPSA) is 76.9 Å². The average Bonchev–Trinajstić information content (AvgIpc) is 2.94. The van der Waals surface area contributed by atoms with E-state index >= 15 is 0 Å². The van der Waals surface area contributed by atoms with Gasteiger partial charge in [-0.25, -0.2) is 22.8 Å². The molecule has 0 spiro atoms. The second-order valence-electron chi connectivity index (χ2n) is 4.33. The molecule has 1 heterocycles. The van der Waals surface area contributed by atoms with Crippen LogP contribution in [0.5, 0.6) is 0 Å². The van der Waals surface area contributed by atoms with Crippen LogP contribution in [-0.4, -0.2) is 23.2 Å². The Hall–Kier alpha value is -1.73. The molecule has 108 valence electrons. The maximum Gasteiger partial charge on any atom is 0.241 e. The molecule has 0 aliphatic rings. The summed E-state index contributed by atoms with van der Waals surface area (Å²) in [4.78, 5) is 4.41. The van der Waals surface area contributed by atoms with Gasteiger partial charge in [-0.05, 0) is 25.5 Å². The molecule has 20 heavy (non-hydrogen) atoms. The molecule has 0 aliphatic heterocycles. The summed E-state index contributed by atoms with van der Waals surface area (Å²) in [5.41, 5.74) is 0. The number of sulfonamides is 1. The maximum atomic E-state index is 12.3. The number of aromatic nitrogens is 3. The molecule has 1 aromatic carbocycles. The second kappa shape index (κ2) is 6.15. The fraction of sp³-hybridized carbons (Fsp3) is 0.385. The van der Waals surface area contributed by atoms with Crippen molar-refractivity contribution in [1.82, 2.24) is 19.5 Å². The third-order valence-electron chi connectivity index (χ3n) is 3.02. The number of rotatable bonds is 6. The van der Waals surface area contributed by atoms with Crippen molar-refractivity contribution in [1.29, 1.82) is 0 Å². The van der Waals surface area contributed by atoms with Crippen LogP contribution >= 0.6 is 0 Å². The number of nitrogens with one attached hydrogen (secondary N) is 1. The molecule has 1 N–H and O–H groups in total. The van der Waals surface area contributed by atoms with Gasteiger partial charge in [-0.15, -0.1) is 0 Å². The molecule has 1 unspecified atom stereocenters. The molecule has 2 rings (SSSR count). The van der Waals surface area contributed by atoms with Gasteiger partial charge in [-0.2, -0.15) is 5.10 Å². The van der Waals surface area contributed by atoms with Crippen LogP contribution in [0, 0.1) is 0 Å². The van der Waals surface area contributed by atoms with E-state index in [0.29, 0.717) is 18.8 Å². The summed E-state index contributed by atoms with van der Waals surface area (Å²) in [6.45, 7) is 4.50. The lowest BCUT2D eigenvalue weighted by Gasteiger charge is -2.17. The largest absolute Gasteiger partial charge is 0.249 e. The molecule has 0 amide bonds. The highest BCUT2D eigenvalue weighted by Gasteiger charge is 2.23. The van der Waals surface area contributed by atoms with Crippen LogP contribution in [0.25, 0.3) is 0 Å². The van der Waals surface area contributed by atoms with Gasteiger partial charge in [0.25, 0.3) is 0 Å². The van der Waals surface area contributed by atoms with Crippen LogP contribution in [0.3, 0.4) is 0 Å². The first kappa shape index (κ1) is 14.7. The number of hydrogen-bond acceptors (Lipinski definition) is 4. The van der Waals surface area contributed by atoms with Crippen LogP contribution in [0.2, 0.25) is 0 Å². The molecule has 2 aromatic rings. The Morgan fingerprint density at radius 1 is 1.25 bits per heavy atom. The Morgan fingerprint density at radius 2 is 1.95 bits per heavy atom. The quantitative estimate of drug-likeness (QED) is 0.880. The molecule has 0 saturated carbocycles. The molecule has 7 heteroatoms. The minimum Gasteiger partial charge on any atom is -0.249 e. The van der Waals surface area contributed by atoms with Gasteiger partial charge in [0.1, 0.15) is 12.2 Å². The average molecular weight is 294 g/mol. The highest BCUT2D eigenvalue weighted by atomic mass is 32.2. The third kappa shape index (κ3) is 3.05. The van der Waals surface area contributed by atoms with Crippen LogP contribution in [0.15, 0.2) is 41.6 Å². The van der Waals surface area contributed by atoms with Gasteiger partial charge in [-0.1, -0.05) is 25.1 Å². The first-order valence-electron chi connectivity index (χ1n) is 6.53. The highest BCUT2D eigenvalue weighted by molar-refractivity contribution is 7.89. The van der Waals surface area contributed by atoms with E-state index in [1.807, 2.05) is 13.8 Å². The van der Waals surface area contributed by atoms with E-state index in [2.05, 4.69) is 14.8 Å². The smallest absolute Gasteiger partial charge is 0.241 e. The van der Waals surface area contributed by atoms with Crippen molar-refractivity contribution < 1.29 is 8.42 Å². The zero-order chi connectivity index (χ0) is 14.6. The molecule has 1 atom stereocenters. The van der Waals surface area contributed by atoms with E-state index in [-0.39, 0.29) is 10.9 Å². The summed E-state index contributed by atoms with van der Waals surface area (Å²) in [6, 6.07) is 7.93. The Bertz CT molecular complexity index is 652. The normalized spacial score (nSPS) is 13.3. The number of benzene rings is 1. The van der Waals surface area contributed by atoms with E-state index in [0.717, 1.165) is 0 Å². The van der Waals surface area contributed by atoms with Gasteiger partial charge in [0.2, 0.25) is 10.0 Å².